The summed E-state index contributed by atoms with van der Waals surface area (Å²) in [7, 11) is 1.64. The molecule has 124 valence electrons. The quantitative estimate of drug-likeness (QED) is 0.553. The SMILES string of the molecule is COc1ccc(/C=C/c2nn3c(-c4cccc(F)c4)nnc3s2)cc1. The van der Waals surface area contributed by atoms with Crippen LogP contribution < -0.4 is 4.74 Å². The number of ether oxygens (including phenoxy) is 1. The standard InChI is InChI=1S/C18H13FN4OS/c1-24-15-8-5-12(6-9-15)7-10-16-22-23-17(20-21-18(23)25-16)13-3-2-4-14(19)11-13/h2-11H,1H3/b10-7+. The molecule has 0 saturated heterocycles. The van der Waals surface area contributed by atoms with Gasteiger partial charge in [0, 0.05) is 5.56 Å². The van der Waals surface area contributed by atoms with E-state index < -0.39 is 0 Å². The molecular weight excluding hydrogens is 339 g/mol. The van der Waals surface area contributed by atoms with Crippen molar-refractivity contribution >= 4 is 28.4 Å². The monoisotopic (exact) mass is 352 g/mol. The van der Waals surface area contributed by atoms with Crippen molar-refractivity contribution in [3.63, 3.8) is 0 Å². The Hall–Kier alpha value is -3.06. The van der Waals surface area contributed by atoms with Gasteiger partial charge in [-0.05, 0) is 35.9 Å². The van der Waals surface area contributed by atoms with Crippen molar-refractivity contribution < 1.29 is 9.13 Å². The fourth-order valence-corrected chi connectivity index (χ4v) is 3.13. The molecule has 0 N–H and O–H groups in total. The number of fused-ring (bicyclic) bond motifs is 1. The van der Waals surface area contributed by atoms with E-state index in [4.69, 9.17) is 4.74 Å². The lowest BCUT2D eigenvalue weighted by Crippen LogP contribution is -1.91. The van der Waals surface area contributed by atoms with E-state index in [2.05, 4.69) is 15.3 Å². The van der Waals surface area contributed by atoms with Crippen LogP contribution in [-0.4, -0.2) is 26.9 Å². The van der Waals surface area contributed by atoms with E-state index in [1.807, 2.05) is 36.4 Å². The van der Waals surface area contributed by atoms with Gasteiger partial charge >= 0.3 is 0 Å². The molecule has 0 atom stereocenters. The largest absolute Gasteiger partial charge is 0.497 e. The Morgan fingerprint density at radius 1 is 1.08 bits per heavy atom. The van der Waals surface area contributed by atoms with Crippen LogP contribution in [0, 0.1) is 5.82 Å². The summed E-state index contributed by atoms with van der Waals surface area (Å²) < 4.78 is 20.2. The number of benzene rings is 2. The van der Waals surface area contributed by atoms with Crippen molar-refractivity contribution in [3.8, 4) is 17.1 Å². The second-order valence-electron chi connectivity index (χ2n) is 5.28. The molecule has 25 heavy (non-hydrogen) atoms. The molecule has 0 aliphatic carbocycles. The minimum Gasteiger partial charge on any atom is -0.497 e. The summed E-state index contributed by atoms with van der Waals surface area (Å²) in [6.07, 6.45) is 3.88. The molecule has 0 spiro atoms. The molecule has 0 aliphatic rings. The van der Waals surface area contributed by atoms with Gasteiger partial charge in [-0.15, -0.1) is 10.2 Å². The lowest BCUT2D eigenvalue weighted by Gasteiger charge is -1.98. The molecule has 4 rings (SSSR count). The molecule has 0 amide bonds. The molecule has 2 aromatic heterocycles. The normalized spacial score (nSPS) is 11.4. The van der Waals surface area contributed by atoms with Crippen molar-refractivity contribution in [3.05, 3.63) is 64.9 Å². The number of rotatable bonds is 4. The van der Waals surface area contributed by atoms with Crippen molar-refractivity contribution in [2.24, 2.45) is 0 Å². The van der Waals surface area contributed by atoms with E-state index >= 15 is 0 Å². The zero-order valence-corrected chi connectivity index (χ0v) is 14.1. The number of methoxy groups -OCH3 is 1. The summed E-state index contributed by atoms with van der Waals surface area (Å²) >= 11 is 1.42. The van der Waals surface area contributed by atoms with Crippen LogP contribution in [0.4, 0.5) is 4.39 Å². The number of hydrogen-bond acceptors (Lipinski definition) is 5. The first-order valence-corrected chi connectivity index (χ1v) is 8.35. The van der Waals surface area contributed by atoms with Gasteiger partial charge in [-0.2, -0.15) is 9.61 Å². The molecule has 2 heterocycles. The molecular formula is C18H13FN4OS. The second kappa shape index (κ2) is 6.45. The summed E-state index contributed by atoms with van der Waals surface area (Å²) in [6, 6.07) is 14.0. The van der Waals surface area contributed by atoms with E-state index in [1.165, 1.54) is 23.5 Å². The minimum absolute atomic E-state index is 0.316. The fourth-order valence-electron chi connectivity index (χ4n) is 2.39. The lowest BCUT2D eigenvalue weighted by atomic mass is 10.2. The van der Waals surface area contributed by atoms with E-state index in [9.17, 15) is 4.39 Å². The van der Waals surface area contributed by atoms with Gasteiger partial charge in [-0.3, -0.25) is 0 Å². The van der Waals surface area contributed by atoms with Gasteiger partial charge in [0.05, 0.1) is 7.11 Å². The maximum atomic E-state index is 13.4. The molecule has 0 radical (unpaired) electrons. The average molecular weight is 352 g/mol. The maximum Gasteiger partial charge on any atom is 0.235 e. The summed E-state index contributed by atoms with van der Waals surface area (Å²) in [5.74, 6) is 1.02. The van der Waals surface area contributed by atoms with Crippen molar-refractivity contribution in [2.75, 3.05) is 7.11 Å². The molecule has 0 saturated carbocycles. The predicted octanol–water partition coefficient (Wildman–Crippen LogP) is 4.17. The summed E-state index contributed by atoms with van der Waals surface area (Å²) in [4.78, 5) is 0.661. The highest BCUT2D eigenvalue weighted by Crippen LogP contribution is 2.23. The number of aromatic nitrogens is 4. The van der Waals surface area contributed by atoms with Crippen LogP contribution in [0.5, 0.6) is 5.75 Å². The number of nitrogens with zero attached hydrogens (tertiary/aromatic N) is 4. The highest BCUT2D eigenvalue weighted by Gasteiger charge is 2.12. The number of halogens is 1. The molecule has 2 aromatic carbocycles. The van der Waals surface area contributed by atoms with E-state index in [0.29, 0.717) is 16.3 Å². The van der Waals surface area contributed by atoms with Crippen molar-refractivity contribution in [2.45, 2.75) is 0 Å². The highest BCUT2D eigenvalue weighted by molar-refractivity contribution is 7.17. The zero-order chi connectivity index (χ0) is 17.2. The molecule has 4 aromatic rings. The Morgan fingerprint density at radius 3 is 2.68 bits per heavy atom. The van der Waals surface area contributed by atoms with Crippen molar-refractivity contribution in [1.29, 1.82) is 0 Å². The van der Waals surface area contributed by atoms with Gasteiger partial charge in [0.15, 0.2) is 5.82 Å². The minimum atomic E-state index is -0.316. The molecule has 0 bridgehead atoms. The fraction of sp³-hybridized carbons (Fsp3) is 0.0556. The van der Waals surface area contributed by atoms with Gasteiger partial charge in [0.1, 0.15) is 16.6 Å². The summed E-state index contributed by atoms with van der Waals surface area (Å²) in [6.45, 7) is 0. The average Bonchev–Trinajstić information content (AvgIpc) is 3.20. The molecule has 5 nitrogen and oxygen atoms in total. The third-order valence-corrected chi connectivity index (χ3v) is 4.49. The van der Waals surface area contributed by atoms with E-state index in [1.54, 1.807) is 23.8 Å². The van der Waals surface area contributed by atoms with Crippen LogP contribution >= 0.6 is 11.3 Å². The Morgan fingerprint density at radius 2 is 1.92 bits per heavy atom. The first-order chi connectivity index (χ1) is 12.2. The van der Waals surface area contributed by atoms with Crippen LogP contribution in [0.3, 0.4) is 0 Å². The smallest absolute Gasteiger partial charge is 0.235 e. The highest BCUT2D eigenvalue weighted by atomic mass is 32.1. The summed E-state index contributed by atoms with van der Waals surface area (Å²) in [5.41, 5.74) is 1.68. The van der Waals surface area contributed by atoms with Crippen LogP contribution in [0.2, 0.25) is 0 Å². The lowest BCUT2D eigenvalue weighted by molar-refractivity contribution is 0.415. The third kappa shape index (κ3) is 3.14. The Bertz CT molecular complexity index is 1050. The topological polar surface area (TPSA) is 52.3 Å². The van der Waals surface area contributed by atoms with Crippen LogP contribution in [0.25, 0.3) is 28.5 Å². The number of hydrogen-bond donors (Lipinski definition) is 0. The Balaban J connectivity index is 1.64. The molecule has 0 aliphatic heterocycles. The van der Waals surface area contributed by atoms with E-state index in [0.717, 1.165) is 16.3 Å². The Kier molecular flexibility index (Phi) is 3.99. The molecule has 0 fully saturated rings. The van der Waals surface area contributed by atoms with Gasteiger partial charge in [0.2, 0.25) is 4.96 Å². The van der Waals surface area contributed by atoms with E-state index in [-0.39, 0.29) is 5.82 Å². The zero-order valence-electron chi connectivity index (χ0n) is 13.3. The van der Waals surface area contributed by atoms with Gasteiger partial charge in [0.25, 0.3) is 0 Å². The van der Waals surface area contributed by atoms with Gasteiger partial charge in [-0.1, -0.05) is 41.7 Å². The van der Waals surface area contributed by atoms with Crippen LogP contribution in [-0.2, 0) is 0 Å². The third-order valence-electron chi connectivity index (χ3n) is 3.62. The van der Waals surface area contributed by atoms with Crippen molar-refractivity contribution in [1.82, 2.24) is 19.8 Å². The molecule has 0 unspecified atom stereocenters. The predicted molar refractivity (Wildman–Crippen MR) is 96.0 cm³/mol. The van der Waals surface area contributed by atoms with Gasteiger partial charge in [-0.25, -0.2) is 4.39 Å². The second-order valence-corrected chi connectivity index (χ2v) is 6.26. The van der Waals surface area contributed by atoms with Crippen LogP contribution in [0.1, 0.15) is 10.6 Å². The first-order valence-electron chi connectivity index (χ1n) is 7.53. The Labute approximate surface area is 147 Å². The van der Waals surface area contributed by atoms with Crippen LogP contribution in [0.15, 0.2) is 48.5 Å². The summed E-state index contributed by atoms with van der Waals surface area (Å²) in [5, 5.41) is 13.5. The van der Waals surface area contributed by atoms with Gasteiger partial charge < -0.3 is 4.74 Å². The first kappa shape index (κ1) is 15.5. The molecule has 7 heteroatoms. The maximum absolute atomic E-state index is 13.4.